The van der Waals surface area contributed by atoms with E-state index in [-0.39, 0.29) is 24.8 Å². The van der Waals surface area contributed by atoms with Crippen LogP contribution < -0.4 is 9.50 Å². The van der Waals surface area contributed by atoms with Crippen LogP contribution in [-0.2, 0) is 24.4 Å². The predicted octanol–water partition coefficient (Wildman–Crippen LogP) is 4.99. The van der Waals surface area contributed by atoms with E-state index in [1.807, 2.05) is 36.4 Å². The lowest BCUT2D eigenvalue weighted by Gasteiger charge is -2.24. The second-order valence-corrected chi connectivity index (χ2v) is 11.7. The van der Waals surface area contributed by atoms with Crippen molar-refractivity contribution in [3.63, 3.8) is 0 Å². The van der Waals surface area contributed by atoms with Gasteiger partial charge < -0.3 is 19.0 Å². The van der Waals surface area contributed by atoms with Crippen LogP contribution in [0, 0.1) is 0 Å². The summed E-state index contributed by atoms with van der Waals surface area (Å²) in [5, 5.41) is 2.67. The van der Waals surface area contributed by atoms with Crippen molar-refractivity contribution in [2.24, 2.45) is 0 Å². The van der Waals surface area contributed by atoms with E-state index in [9.17, 15) is 18.0 Å². The van der Waals surface area contributed by atoms with E-state index < -0.39 is 33.7 Å². The minimum Gasteiger partial charge on any atom is -0.459 e. The molecule has 1 aliphatic carbocycles. The zero-order valence-electron chi connectivity index (χ0n) is 21.8. The number of fused-ring (bicyclic) bond motifs is 3. The minimum atomic E-state index is -3.76. The number of hydrogen-bond acceptors (Lipinski definition) is 7. The highest BCUT2D eigenvalue weighted by molar-refractivity contribution is 7.86. The average Bonchev–Trinajstić information content (AvgIpc) is 3.15. The van der Waals surface area contributed by atoms with Gasteiger partial charge in [-0.1, -0.05) is 60.7 Å². The van der Waals surface area contributed by atoms with Gasteiger partial charge in [0.2, 0.25) is 0 Å². The Hall–Kier alpha value is -3.85. The first-order valence-corrected chi connectivity index (χ1v) is 14.0. The molecule has 38 heavy (non-hydrogen) atoms. The van der Waals surface area contributed by atoms with E-state index in [0.29, 0.717) is 5.56 Å². The van der Waals surface area contributed by atoms with E-state index in [2.05, 4.69) is 17.4 Å². The third kappa shape index (κ3) is 6.72. The molecule has 1 N–H and O–H groups in total. The molecule has 0 bridgehead atoms. The Kier molecular flexibility index (Phi) is 7.78. The van der Waals surface area contributed by atoms with Crippen LogP contribution >= 0.6 is 0 Å². The molecular formula is C29H31NO7S. The number of ether oxygens (including phenoxy) is 2. The summed E-state index contributed by atoms with van der Waals surface area (Å²) in [6, 6.07) is 22.2. The quantitative estimate of drug-likeness (QED) is 0.319. The lowest BCUT2D eigenvalue weighted by atomic mass is 9.98. The van der Waals surface area contributed by atoms with E-state index in [4.69, 9.17) is 13.7 Å². The number of carbonyl (C=O) groups excluding carboxylic acids is 2. The Morgan fingerprint density at radius 2 is 1.53 bits per heavy atom. The molecule has 0 spiro atoms. The zero-order valence-corrected chi connectivity index (χ0v) is 22.6. The Labute approximate surface area is 223 Å². The van der Waals surface area contributed by atoms with Gasteiger partial charge in [0.25, 0.3) is 0 Å². The molecule has 0 saturated carbocycles. The number of esters is 1. The average molecular weight is 538 g/mol. The molecule has 1 amide bonds. The van der Waals surface area contributed by atoms with Gasteiger partial charge in [-0.2, -0.15) is 8.42 Å². The second-order valence-electron chi connectivity index (χ2n) is 10.2. The lowest BCUT2D eigenvalue weighted by molar-refractivity contribution is -0.156. The van der Waals surface area contributed by atoms with Crippen LogP contribution in [0.4, 0.5) is 4.79 Å². The van der Waals surface area contributed by atoms with Crippen LogP contribution in [0.3, 0.4) is 0 Å². The molecule has 0 radical (unpaired) electrons. The van der Waals surface area contributed by atoms with Gasteiger partial charge in [-0.05, 0) is 60.7 Å². The normalized spacial score (nSPS) is 13.7. The molecule has 3 aromatic carbocycles. The zero-order chi connectivity index (χ0) is 27.5. The van der Waals surface area contributed by atoms with Crippen LogP contribution in [0.1, 0.15) is 49.3 Å². The summed E-state index contributed by atoms with van der Waals surface area (Å²) in [5.41, 5.74) is 4.10. The summed E-state index contributed by atoms with van der Waals surface area (Å²) in [6.07, 6.45) is 0.257. The third-order valence-corrected chi connectivity index (χ3v) is 6.49. The first-order chi connectivity index (χ1) is 17.9. The molecule has 0 aromatic heterocycles. The third-order valence-electron chi connectivity index (χ3n) is 5.99. The predicted molar refractivity (Wildman–Crippen MR) is 144 cm³/mol. The fourth-order valence-electron chi connectivity index (χ4n) is 4.50. The van der Waals surface area contributed by atoms with Crippen molar-refractivity contribution in [1.29, 1.82) is 0 Å². The van der Waals surface area contributed by atoms with Crippen molar-refractivity contribution >= 4 is 22.2 Å². The molecule has 3 aromatic rings. The van der Waals surface area contributed by atoms with Crippen molar-refractivity contribution in [3.05, 3.63) is 89.5 Å². The van der Waals surface area contributed by atoms with Crippen LogP contribution in [0.2, 0.25) is 0 Å². The number of hydrogen-bond donors (Lipinski definition) is 1. The smallest absolute Gasteiger partial charge is 0.407 e. The number of benzene rings is 3. The second kappa shape index (κ2) is 10.9. The molecule has 0 saturated heterocycles. The van der Waals surface area contributed by atoms with Gasteiger partial charge in [0.05, 0.1) is 12.2 Å². The molecule has 1 unspecified atom stereocenters. The highest BCUT2D eigenvalue weighted by atomic mass is 32.2. The topological polar surface area (TPSA) is 108 Å². The van der Waals surface area contributed by atoms with Crippen molar-refractivity contribution in [2.75, 3.05) is 19.4 Å². The SMILES string of the molecule is CC(C)(C)OC(=O)C(CNC(=O)OCC1c2ccccc2-c2ccccc21)c1cccc(OS(C)(=O)=O)c1. The molecule has 0 fully saturated rings. The minimum absolute atomic E-state index is 0.0553. The summed E-state index contributed by atoms with van der Waals surface area (Å²) >= 11 is 0. The first-order valence-electron chi connectivity index (χ1n) is 12.2. The summed E-state index contributed by atoms with van der Waals surface area (Å²) in [5.74, 6) is -1.54. The molecule has 8 nitrogen and oxygen atoms in total. The number of carbonyl (C=O) groups is 2. The van der Waals surface area contributed by atoms with Gasteiger partial charge >= 0.3 is 22.2 Å². The van der Waals surface area contributed by atoms with Crippen molar-refractivity contribution in [2.45, 2.75) is 38.2 Å². The number of rotatable bonds is 8. The largest absolute Gasteiger partial charge is 0.459 e. The van der Waals surface area contributed by atoms with E-state index in [1.165, 1.54) is 12.1 Å². The molecule has 200 valence electrons. The van der Waals surface area contributed by atoms with E-state index in [1.54, 1.807) is 32.9 Å². The fourth-order valence-corrected chi connectivity index (χ4v) is 4.96. The maximum Gasteiger partial charge on any atom is 0.407 e. The molecule has 9 heteroatoms. The highest BCUT2D eigenvalue weighted by Crippen LogP contribution is 2.44. The molecule has 4 rings (SSSR count). The maximum absolute atomic E-state index is 13.0. The first kappa shape index (κ1) is 27.2. The van der Waals surface area contributed by atoms with Gasteiger partial charge in [0.1, 0.15) is 18.0 Å². The van der Waals surface area contributed by atoms with Crippen molar-refractivity contribution in [1.82, 2.24) is 5.32 Å². The number of nitrogens with one attached hydrogen (secondary N) is 1. The standard InChI is InChI=1S/C29H31NO7S/c1-29(2,3)36-27(31)25(19-10-9-11-20(16-19)37-38(4,33)34)17-30-28(32)35-18-26-23-14-7-5-12-21(23)22-13-6-8-15-24(22)26/h5-16,25-26H,17-18H2,1-4H3,(H,30,32). The summed E-state index contributed by atoms with van der Waals surface area (Å²) in [4.78, 5) is 25.8. The van der Waals surface area contributed by atoms with Gasteiger partial charge in [0, 0.05) is 12.5 Å². The van der Waals surface area contributed by atoms with Crippen LogP contribution in [0.15, 0.2) is 72.8 Å². The lowest BCUT2D eigenvalue weighted by Crippen LogP contribution is -2.36. The Bertz CT molecular complexity index is 1400. The van der Waals surface area contributed by atoms with Crippen molar-refractivity contribution in [3.8, 4) is 16.9 Å². The van der Waals surface area contributed by atoms with Crippen LogP contribution in [-0.4, -0.2) is 45.5 Å². The Balaban J connectivity index is 1.46. The molecular weight excluding hydrogens is 506 g/mol. The van der Waals surface area contributed by atoms with Gasteiger partial charge in [-0.25, -0.2) is 4.79 Å². The molecule has 0 aliphatic heterocycles. The van der Waals surface area contributed by atoms with Crippen molar-refractivity contribution < 1.29 is 31.7 Å². The van der Waals surface area contributed by atoms with Gasteiger partial charge in [-0.15, -0.1) is 0 Å². The van der Waals surface area contributed by atoms with E-state index >= 15 is 0 Å². The number of amides is 1. The molecule has 1 aliphatic rings. The molecule has 1 atom stereocenters. The van der Waals surface area contributed by atoms with Gasteiger partial charge in [0.15, 0.2) is 0 Å². The Morgan fingerprint density at radius 1 is 0.921 bits per heavy atom. The summed E-state index contributed by atoms with van der Waals surface area (Å²) in [6.45, 7) is 5.24. The van der Waals surface area contributed by atoms with Crippen LogP contribution in [0.25, 0.3) is 11.1 Å². The highest BCUT2D eigenvalue weighted by Gasteiger charge is 2.30. The van der Waals surface area contributed by atoms with Crippen LogP contribution in [0.5, 0.6) is 5.75 Å². The summed E-state index contributed by atoms with van der Waals surface area (Å²) < 4.78 is 39.2. The van der Waals surface area contributed by atoms with E-state index in [0.717, 1.165) is 28.5 Å². The molecule has 0 heterocycles. The van der Waals surface area contributed by atoms with Gasteiger partial charge in [-0.3, -0.25) is 4.79 Å². The number of alkyl carbamates (subject to hydrolysis) is 1. The maximum atomic E-state index is 13.0. The summed E-state index contributed by atoms with van der Waals surface area (Å²) in [7, 11) is -3.76. The fraction of sp³-hybridized carbons (Fsp3) is 0.310. The Morgan fingerprint density at radius 3 is 2.11 bits per heavy atom. The monoisotopic (exact) mass is 537 g/mol.